The fourth-order valence-corrected chi connectivity index (χ4v) is 3.70. The second kappa shape index (κ2) is 4.78. The van der Waals surface area contributed by atoms with Crippen LogP contribution in [0.4, 0.5) is 0 Å². The van der Waals surface area contributed by atoms with Gasteiger partial charge in [0.15, 0.2) is 11.5 Å². The van der Waals surface area contributed by atoms with Gasteiger partial charge in [0, 0.05) is 19.1 Å². The third kappa shape index (κ3) is 2.00. The van der Waals surface area contributed by atoms with Crippen molar-refractivity contribution in [2.24, 2.45) is 0 Å². The minimum atomic E-state index is 0.247. The first-order chi connectivity index (χ1) is 10.3. The molecule has 0 aliphatic carbocycles. The van der Waals surface area contributed by atoms with E-state index in [-0.39, 0.29) is 5.75 Å². The number of aromatic hydroxyl groups is 1. The van der Waals surface area contributed by atoms with E-state index in [9.17, 15) is 5.11 Å². The largest absolute Gasteiger partial charge is 0.504 e. The second-order valence-electron chi connectivity index (χ2n) is 5.93. The van der Waals surface area contributed by atoms with Gasteiger partial charge in [0.1, 0.15) is 0 Å². The van der Waals surface area contributed by atoms with Crippen molar-refractivity contribution >= 4 is 0 Å². The summed E-state index contributed by atoms with van der Waals surface area (Å²) in [5.41, 5.74) is 5.44. The lowest BCUT2D eigenvalue weighted by Gasteiger charge is -2.41. The molecule has 3 nitrogen and oxygen atoms in total. The van der Waals surface area contributed by atoms with E-state index < -0.39 is 0 Å². The molecule has 2 aromatic carbocycles. The van der Waals surface area contributed by atoms with E-state index in [0.29, 0.717) is 11.8 Å². The zero-order chi connectivity index (χ0) is 14.4. The fraction of sp³-hybridized carbons (Fsp3) is 0.333. The second-order valence-corrected chi connectivity index (χ2v) is 5.93. The van der Waals surface area contributed by atoms with Crippen LogP contribution in [0.5, 0.6) is 11.5 Å². The minimum Gasteiger partial charge on any atom is -0.504 e. The van der Waals surface area contributed by atoms with E-state index in [4.69, 9.17) is 4.74 Å². The molecule has 2 aromatic rings. The summed E-state index contributed by atoms with van der Waals surface area (Å²) >= 11 is 0. The molecule has 2 aliphatic rings. The van der Waals surface area contributed by atoms with Crippen molar-refractivity contribution in [2.75, 3.05) is 13.7 Å². The van der Waals surface area contributed by atoms with E-state index in [1.165, 1.54) is 22.3 Å². The molecule has 0 fully saturated rings. The van der Waals surface area contributed by atoms with Crippen molar-refractivity contribution in [1.82, 2.24) is 4.90 Å². The van der Waals surface area contributed by atoms with Gasteiger partial charge in [-0.15, -0.1) is 0 Å². The number of phenolic OH excluding ortho intramolecular Hbond substituents is 1. The average Bonchev–Trinajstić information content (AvgIpc) is 2.52. The van der Waals surface area contributed by atoms with E-state index in [1.807, 2.05) is 12.1 Å². The molecule has 1 N–H and O–H groups in total. The SMILES string of the molecule is COc1cc2c(cc1O)[C@H]1Cc3ccccc3CN1CC2. The quantitative estimate of drug-likeness (QED) is 0.872. The Hall–Kier alpha value is -2.00. The summed E-state index contributed by atoms with van der Waals surface area (Å²) < 4.78 is 5.24. The summed E-state index contributed by atoms with van der Waals surface area (Å²) in [6.07, 6.45) is 2.04. The minimum absolute atomic E-state index is 0.247. The molecule has 0 amide bonds. The van der Waals surface area contributed by atoms with Crippen LogP contribution < -0.4 is 4.74 Å². The van der Waals surface area contributed by atoms with Crippen molar-refractivity contribution in [1.29, 1.82) is 0 Å². The van der Waals surface area contributed by atoms with Crippen molar-refractivity contribution in [2.45, 2.75) is 25.4 Å². The van der Waals surface area contributed by atoms with Crippen LogP contribution in [0, 0.1) is 0 Å². The molecule has 108 valence electrons. The standard InChI is InChI=1S/C18H19NO2/c1-21-18-9-13-6-7-19-11-14-5-3-2-4-12(14)8-16(19)15(13)10-17(18)20/h2-5,9-10,16,20H,6-8,11H2,1H3/t16-/m1/s1. The van der Waals surface area contributed by atoms with Crippen LogP contribution in [0.1, 0.15) is 28.3 Å². The van der Waals surface area contributed by atoms with Gasteiger partial charge in [-0.3, -0.25) is 4.90 Å². The lowest BCUT2D eigenvalue weighted by molar-refractivity contribution is 0.160. The Morgan fingerprint density at radius 3 is 2.76 bits per heavy atom. The summed E-state index contributed by atoms with van der Waals surface area (Å²) in [7, 11) is 1.60. The topological polar surface area (TPSA) is 32.7 Å². The van der Waals surface area contributed by atoms with E-state index >= 15 is 0 Å². The number of rotatable bonds is 1. The number of hydrogen-bond acceptors (Lipinski definition) is 3. The molecule has 0 saturated carbocycles. The number of hydrogen-bond donors (Lipinski definition) is 1. The highest BCUT2D eigenvalue weighted by atomic mass is 16.5. The normalized spacial score (nSPS) is 20.3. The van der Waals surface area contributed by atoms with Gasteiger partial charge < -0.3 is 9.84 Å². The van der Waals surface area contributed by atoms with Crippen LogP contribution in [0.15, 0.2) is 36.4 Å². The Labute approximate surface area is 124 Å². The lowest BCUT2D eigenvalue weighted by atomic mass is 9.84. The van der Waals surface area contributed by atoms with Gasteiger partial charge >= 0.3 is 0 Å². The van der Waals surface area contributed by atoms with Crippen LogP contribution in [-0.4, -0.2) is 23.7 Å². The predicted molar refractivity (Wildman–Crippen MR) is 81.7 cm³/mol. The maximum absolute atomic E-state index is 10.1. The number of methoxy groups -OCH3 is 1. The fourth-order valence-electron chi connectivity index (χ4n) is 3.70. The molecular weight excluding hydrogens is 262 g/mol. The molecule has 4 rings (SSSR count). The number of fused-ring (bicyclic) bond motifs is 4. The number of benzene rings is 2. The monoisotopic (exact) mass is 281 g/mol. The maximum Gasteiger partial charge on any atom is 0.160 e. The smallest absolute Gasteiger partial charge is 0.160 e. The Kier molecular flexibility index (Phi) is 2.89. The van der Waals surface area contributed by atoms with Gasteiger partial charge in [0.25, 0.3) is 0 Å². The van der Waals surface area contributed by atoms with Crippen molar-refractivity contribution in [3.8, 4) is 11.5 Å². The highest BCUT2D eigenvalue weighted by Crippen LogP contribution is 2.41. The Morgan fingerprint density at radius 1 is 1.14 bits per heavy atom. The molecule has 2 aliphatic heterocycles. The Morgan fingerprint density at radius 2 is 1.95 bits per heavy atom. The first kappa shape index (κ1) is 12.7. The maximum atomic E-state index is 10.1. The van der Waals surface area contributed by atoms with E-state index in [1.54, 1.807) is 7.11 Å². The van der Waals surface area contributed by atoms with Crippen LogP contribution in [0.25, 0.3) is 0 Å². The van der Waals surface area contributed by atoms with Crippen molar-refractivity contribution < 1.29 is 9.84 Å². The highest BCUT2D eigenvalue weighted by Gasteiger charge is 2.32. The zero-order valence-corrected chi connectivity index (χ0v) is 12.2. The Bertz CT molecular complexity index is 696. The highest BCUT2D eigenvalue weighted by molar-refractivity contribution is 5.49. The molecule has 0 saturated heterocycles. The van der Waals surface area contributed by atoms with Gasteiger partial charge in [-0.2, -0.15) is 0 Å². The van der Waals surface area contributed by atoms with E-state index in [0.717, 1.165) is 25.9 Å². The molecule has 1 atom stereocenters. The summed E-state index contributed by atoms with van der Waals surface area (Å²) in [6, 6.07) is 13.0. The first-order valence-corrected chi connectivity index (χ1v) is 7.47. The number of ether oxygens (including phenoxy) is 1. The molecule has 3 heteroatoms. The first-order valence-electron chi connectivity index (χ1n) is 7.47. The van der Waals surface area contributed by atoms with Crippen LogP contribution in [0.3, 0.4) is 0 Å². The van der Waals surface area contributed by atoms with Gasteiger partial charge in [0.2, 0.25) is 0 Å². The van der Waals surface area contributed by atoms with E-state index in [2.05, 4.69) is 29.2 Å². The summed E-state index contributed by atoms with van der Waals surface area (Å²) in [5.74, 6) is 0.829. The van der Waals surface area contributed by atoms with Gasteiger partial charge in [0.05, 0.1) is 7.11 Å². The molecule has 0 unspecified atom stereocenters. The molecule has 0 aromatic heterocycles. The summed E-state index contributed by atoms with van der Waals surface area (Å²) in [5, 5.41) is 10.1. The molecular formula is C18H19NO2. The van der Waals surface area contributed by atoms with Crippen LogP contribution >= 0.6 is 0 Å². The number of nitrogens with zero attached hydrogens (tertiary/aromatic N) is 1. The predicted octanol–water partition coefficient (Wildman–Crippen LogP) is 3.06. The summed E-state index contributed by atoms with van der Waals surface area (Å²) in [6.45, 7) is 2.08. The average molecular weight is 281 g/mol. The lowest BCUT2D eigenvalue weighted by Crippen LogP contribution is -2.39. The third-order valence-electron chi connectivity index (χ3n) is 4.81. The Balaban J connectivity index is 1.77. The number of phenols is 1. The van der Waals surface area contributed by atoms with Crippen molar-refractivity contribution in [3.63, 3.8) is 0 Å². The zero-order valence-electron chi connectivity index (χ0n) is 12.2. The summed E-state index contributed by atoms with van der Waals surface area (Å²) in [4.78, 5) is 2.52. The van der Waals surface area contributed by atoms with Crippen LogP contribution in [-0.2, 0) is 19.4 Å². The van der Waals surface area contributed by atoms with Gasteiger partial charge in [-0.25, -0.2) is 0 Å². The van der Waals surface area contributed by atoms with Crippen LogP contribution in [0.2, 0.25) is 0 Å². The molecule has 0 bridgehead atoms. The molecule has 0 radical (unpaired) electrons. The van der Waals surface area contributed by atoms with Gasteiger partial charge in [-0.05, 0) is 47.2 Å². The molecule has 2 heterocycles. The third-order valence-corrected chi connectivity index (χ3v) is 4.81. The molecule has 0 spiro atoms. The molecule has 21 heavy (non-hydrogen) atoms. The van der Waals surface area contributed by atoms with Gasteiger partial charge in [-0.1, -0.05) is 24.3 Å². The van der Waals surface area contributed by atoms with Crippen molar-refractivity contribution in [3.05, 3.63) is 58.7 Å².